The van der Waals surface area contributed by atoms with E-state index in [4.69, 9.17) is 88.6 Å². The van der Waals surface area contributed by atoms with Gasteiger partial charge in [0.15, 0.2) is 0 Å². The summed E-state index contributed by atoms with van der Waals surface area (Å²) in [6.07, 6.45) is 6.86. The SMILES string of the molecule is C.C.C.C.C=CCOC(=O)c1ccccc1C(=O)OC.C=CCOC(=O)c1ccccc1C(=O)OCC.C=CCOC(=O)c1ccccc1C(=O)OCCC[Si](C)(Cl)Cl.C=CCOC(=O)c1ccccc1C(=O)OCCC[Si](Cl)(Cl)Cl. The van der Waals surface area contributed by atoms with Crippen LogP contribution in [0.15, 0.2) is 148 Å². The molecule has 0 amide bonds. The summed E-state index contributed by atoms with van der Waals surface area (Å²) >= 11 is 29.2. The van der Waals surface area contributed by atoms with Crippen LogP contribution >= 0.6 is 55.4 Å². The summed E-state index contributed by atoms with van der Waals surface area (Å²) in [7, 11) is 1.26. The highest BCUT2D eigenvalue weighted by Gasteiger charge is 2.26. The molecule has 4 aromatic rings. The zero-order valence-corrected chi connectivity index (χ0v) is 48.4. The molecule has 23 heteroatoms. The molecule has 0 saturated heterocycles. The average molecular weight is 1260 g/mol. The van der Waals surface area contributed by atoms with Gasteiger partial charge in [-0.2, -0.15) is 0 Å². The van der Waals surface area contributed by atoms with Crippen molar-refractivity contribution in [1.82, 2.24) is 0 Å². The first-order chi connectivity index (χ1) is 36.6. The molecule has 0 N–H and O–H groups in total. The van der Waals surface area contributed by atoms with Crippen molar-refractivity contribution >= 4 is 116 Å². The Morgan fingerprint density at radius 1 is 0.395 bits per heavy atom. The third-order valence-electron chi connectivity index (χ3n) is 9.09. The molecule has 0 fully saturated rings. The molecule has 0 spiro atoms. The number of carbonyl (C=O) groups excluding carboxylic acids is 8. The van der Waals surface area contributed by atoms with Gasteiger partial charge in [-0.25, -0.2) is 38.4 Å². The van der Waals surface area contributed by atoms with Crippen LogP contribution in [0.5, 0.6) is 0 Å². The molecule has 0 aliphatic carbocycles. The zero-order chi connectivity index (χ0) is 57.8. The van der Waals surface area contributed by atoms with Crippen molar-refractivity contribution in [2.75, 3.05) is 53.4 Å². The van der Waals surface area contributed by atoms with Gasteiger partial charge in [-0.1, -0.05) is 129 Å². The topological polar surface area (TPSA) is 210 Å². The number of esters is 8. The molecule has 446 valence electrons. The molecule has 0 radical (unpaired) electrons. The Balaban J connectivity index is -0.000000484. The lowest BCUT2D eigenvalue weighted by Gasteiger charge is -2.11. The van der Waals surface area contributed by atoms with E-state index in [1.807, 2.05) is 6.55 Å². The summed E-state index contributed by atoms with van der Waals surface area (Å²) < 4.78 is 39.3. The van der Waals surface area contributed by atoms with Gasteiger partial charge in [0.2, 0.25) is 6.69 Å². The molecule has 0 aliphatic rings. The van der Waals surface area contributed by atoms with Crippen molar-refractivity contribution in [3.8, 4) is 0 Å². The fourth-order valence-corrected chi connectivity index (χ4v) is 8.98. The Bertz CT molecular complexity index is 2540. The molecular formula is C58H75Cl5O16Si2. The first-order valence-electron chi connectivity index (χ1n) is 23.1. The first-order valence-corrected chi connectivity index (χ1v) is 33.1. The Labute approximate surface area is 502 Å². The average Bonchev–Trinajstić information content (AvgIpc) is 3.42. The zero-order valence-electron chi connectivity index (χ0n) is 42.6. The molecule has 0 aromatic heterocycles. The van der Waals surface area contributed by atoms with Crippen LogP contribution < -0.4 is 0 Å². The molecule has 0 atom stereocenters. The fourth-order valence-electron chi connectivity index (χ4n) is 5.67. The molecular weight excluding hydrogens is 1190 g/mol. The number of carbonyl (C=O) groups is 8. The van der Waals surface area contributed by atoms with Crippen LogP contribution in [0.4, 0.5) is 0 Å². The number of benzene rings is 4. The highest BCUT2D eigenvalue weighted by Crippen LogP contribution is 2.26. The third kappa shape index (κ3) is 33.1. The van der Waals surface area contributed by atoms with Crippen LogP contribution in [0.3, 0.4) is 0 Å². The lowest BCUT2D eigenvalue weighted by Crippen LogP contribution is -2.16. The normalized spacial score (nSPS) is 9.73. The van der Waals surface area contributed by atoms with Gasteiger partial charge < -0.3 is 37.9 Å². The standard InChI is InChI=1S/C15H18Cl2O4Si.C14H15Cl3O4Si.C13H14O4.C12H12O4.4CH4/c1-3-9-20-14(18)12-7-4-5-8-13(12)15(19)21-10-6-11-22(2,16)17;1-2-8-20-13(18)11-6-3-4-7-12(11)14(19)21-9-5-10-22(15,16)17;1-3-9-17-13(15)11-8-6-5-7-10(11)12(14)16-4-2;1-3-8-16-12(14)10-7-5-4-6-9(10)11(13)15-2;;;;/h3-5,7-8H,1,6,9-11H2,2H3;2-4,6-7H,1,5,8-10H2;3,5-8H,1,4,9H2,2H3;3-7H,1,8H2,2H3;4*1H4. The van der Waals surface area contributed by atoms with E-state index in [-0.39, 0.29) is 120 Å². The molecule has 0 aliphatic heterocycles. The quantitative estimate of drug-likeness (QED) is 0.0151. The van der Waals surface area contributed by atoms with Gasteiger partial charge in [0.1, 0.15) is 26.4 Å². The van der Waals surface area contributed by atoms with Crippen molar-refractivity contribution in [2.45, 2.75) is 68.1 Å². The van der Waals surface area contributed by atoms with E-state index in [2.05, 4.69) is 31.1 Å². The number of halogens is 5. The summed E-state index contributed by atoms with van der Waals surface area (Å²) in [5.41, 5.74) is 1.43. The summed E-state index contributed by atoms with van der Waals surface area (Å²) in [6, 6.07) is 23.6. The second-order valence-electron chi connectivity index (χ2n) is 15.1. The van der Waals surface area contributed by atoms with Crippen LogP contribution in [-0.2, 0) is 37.9 Å². The highest BCUT2D eigenvalue weighted by molar-refractivity contribution is 7.64. The predicted octanol–water partition coefficient (Wildman–Crippen LogP) is 14.9. The third-order valence-corrected chi connectivity index (χ3v) is 14.1. The van der Waals surface area contributed by atoms with Gasteiger partial charge in [-0.3, -0.25) is 0 Å². The lowest BCUT2D eigenvalue weighted by molar-refractivity contribution is 0.0474. The van der Waals surface area contributed by atoms with E-state index in [1.54, 1.807) is 55.5 Å². The number of hydrogen-bond donors (Lipinski definition) is 0. The van der Waals surface area contributed by atoms with Crippen molar-refractivity contribution in [3.63, 3.8) is 0 Å². The second-order valence-corrected chi connectivity index (χ2v) is 32.6. The molecule has 0 heterocycles. The Morgan fingerprint density at radius 2 is 0.617 bits per heavy atom. The minimum Gasteiger partial charge on any atom is -0.465 e. The van der Waals surface area contributed by atoms with Crippen molar-refractivity contribution in [1.29, 1.82) is 0 Å². The van der Waals surface area contributed by atoms with E-state index in [1.165, 1.54) is 79.9 Å². The maximum Gasteiger partial charge on any atom is 0.341 e. The fraction of sp³-hybridized carbons (Fsp3) is 0.310. The van der Waals surface area contributed by atoms with Crippen molar-refractivity contribution in [2.24, 2.45) is 0 Å². The summed E-state index contributed by atoms with van der Waals surface area (Å²) in [5.74, 6) is -4.61. The van der Waals surface area contributed by atoms with Crippen molar-refractivity contribution < 1.29 is 76.3 Å². The minimum atomic E-state index is -2.71. The smallest absolute Gasteiger partial charge is 0.341 e. The number of methoxy groups -OCH3 is 1. The molecule has 4 aromatic carbocycles. The Kier molecular flexibility index (Phi) is 45.1. The monoisotopic (exact) mass is 1260 g/mol. The number of rotatable bonds is 25. The van der Waals surface area contributed by atoms with E-state index in [0.29, 0.717) is 24.9 Å². The van der Waals surface area contributed by atoms with E-state index < -0.39 is 60.5 Å². The predicted molar refractivity (Wildman–Crippen MR) is 328 cm³/mol. The Morgan fingerprint density at radius 3 is 0.827 bits per heavy atom. The molecule has 0 saturated carbocycles. The van der Waals surface area contributed by atoms with Crippen LogP contribution in [0.1, 0.15) is 132 Å². The van der Waals surface area contributed by atoms with Gasteiger partial charge in [-0.05, 0) is 86.9 Å². The summed E-state index contributed by atoms with van der Waals surface area (Å²) in [5, 5.41) is 0. The molecule has 81 heavy (non-hydrogen) atoms. The van der Waals surface area contributed by atoms with Gasteiger partial charge in [0, 0.05) is 0 Å². The van der Waals surface area contributed by atoms with Gasteiger partial charge in [0.25, 0.3) is 0 Å². The molecule has 0 bridgehead atoms. The van der Waals surface area contributed by atoms with Gasteiger partial charge in [-0.15, -0.1) is 55.4 Å². The lowest BCUT2D eigenvalue weighted by atomic mass is 10.1. The number of hydrogen-bond acceptors (Lipinski definition) is 16. The Hall–Kier alpha value is -6.52. The summed E-state index contributed by atoms with van der Waals surface area (Å²) in [4.78, 5) is 94.0. The highest BCUT2D eigenvalue weighted by atomic mass is 35.8. The van der Waals surface area contributed by atoms with Gasteiger partial charge >= 0.3 is 53.8 Å². The maximum absolute atomic E-state index is 12.1. The van der Waals surface area contributed by atoms with Gasteiger partial charge in [0.05, 0.1) is 71.4 Å². The minimum absolute atomic E-state index is 0. The largest absolute Gasteiger partial charge is 0.465 e. The van der Waals surface area contributed by atoms with E-state index >= 15 is 0 Å². The maximum atomic E-state index is 12.1. The van der Waals surface area contributed by atoms with Crippen LogP contribution in [-0.4, -0.2) is 114 Å². The first kappa shape index (κ1) is 81.0. The number of ether oxygens (including phenoxy) is 8. The molecule has 16 nitrogen and oxygen atoms in total. The molecule has 0 unspecified atom stereocenters. The molecule has 4 rings (SSSR count). The van der Waals surface area contributed by atoms with E-state index in [9.17, 15) is 38.4 Å². The summed E-state index contributed by atoms with van der Waals surface area (Å²) in [6.45, 7) is 16.1. The van der Waals surface area contributed by atoms with Crippen LogP contribution in [0.25, 0.3) is 0 Å². The van der Waals surface area contributed by atoms with E-state index in [0.717, 1.165) is 0 Å². The second kappa shape index (κ2) is 45.1. The van der Waals surface area contributed by atoms with Crippen LogP contribution in [0, 0.1) is 0 Å². The van der Waals surface area contributed by atoms with Crippen molar-refractivity contribution in [3.05, 3.63) is 192 Å². The van der Waals surface area contributed by atoms with Crippen LogP contribution in [0.2, 0.25) is 18.6 Å².